The van der Waals surface area contributed by atoms with Crippen LogP contribution in [0.25, 0.3) is 60.9 Å². The molecule has 1 aliphatic rings. The molecule has 266 valence electrons. The van der Waals surface area contributed by atoms with Gasteiger partial charge in [0.2, 0.25) is 0 Å². The van der Waals surface area contributed by atoms with E-state index in [1.165, 1.54) is 72.0 Å². The highest BCUT2D eigenvalue weighted by molar-refractivity contribution is 6.10. The number of benzene rings is 8. The Morgan fingerprint density at radius 3 is 1.62 bits per heavy atom. The maximum absolute atomic E-state index is 2.55. The maximum Gasteiger partial charge on any atom is 0.0566 e. The van der Waals surface area contributed by atoms with Gasteiger partial charge in [-0.3, -0.25) is 0 Å². The molecule has 2 nitrogen and oxygen atoms in total. The summed E-state index contributed by atoms with van der Waals surface area (Å²) < 4.78 is 2.41. The third-order valence-electron chi connectivity index (χ3n) is 11.1. The topological polar surface area (TPSA) is 8.17 Å². The third-order valence-corrected chi connectivity index (χ3v) is 11.1. The minimum atomic E-state index is 0.0433. The predicted octanol–water partition coefficient (Wildman–Crippen LogP) is 14.2. The van der Waals surface area contributed by atoms with Gasteiger partial charge in [-0.05, 0) is 87.8 Å². The molecule has 1 aromatic heterocycles. The molecule has 8 aromatic carbocycles. The predicted molar refractivity (Wildman–Crippen MR) is 237 cm³/mol. The van der Waals surface area contributed by atoms with Gasteiger partial charge in [-0.1, -0.05) is 182 Å². The molecule has 0 spiro atoms. The van der Waals surface area contributed by atoms with Crippen molar-refractivity contribution in [3.05, 3.63) is 236 Å². The van der Waals surface area contributed by atoms with Crippen LogP contribution in [0.3, 0.4) is 0 Å². The van der Waals surface area contributed by atoms with Crippen molar-refractivity contribution >= 4 is 44.3 Å². The molecule has 0 saturated carbocycles. The number of aromatic nitrogens is 1. The summed E-state index contributed by atoms with van der Waals surface area (Å²) in [6.45, 7) is 0. The zero-order valence-electron chi connectivity index (χ0n) is 31.0. The Kier molecular flexibility index (Phi) is 8.70. The fourth-order valence-corrected chi connectivity index (χ4v) is 8.53. The van der Waals surface area contributed by atoms with Gasteiger partial charge in [-0.25, -0.2) is 0 Å². The Balaban J connectivity index is 1.15. The minimum Gasteiger partial charge on any atom is -0.334 e. The molecule has 0 bridgehead atoms. The van der Waals surface area contributed by atoms with Gasteiger partial charge in [0.05, 0.1) is 17.1 Å². The van der Waals surface area contributed by atoms with Crippen LogP contribution in [0.2, 0.25) is 0 Å². The van der Waals surface area contributed by atoms with Crippen LogP contribution in [-0.2, 0) is 0 Å². The van der Waals surface area contributed by atoms with Crippen LogP contribution < -0.4 is 4.90 Å². The van der Waals surface area contributed by atoms with E-state index in [0.717, 1.165) is 17.8 Å². The maximum atomic E-state index is 2.55. The largest absolute Gasteiger partial charge is 0.334 e. The molecule has 0 fully saturated rings. The van der Waals surface area contributed by atoms with E-state index >= 15 is 0 Å². The van der Waals surface area contributed by atoms with Gasteiger partial charge in [0.25, 0.3) is 0 Å². The monoisotopic (exact) mass is 716 g/mol. The average Bonchev–Trinajstić information content (AvgIpc) is 3.62. The fourth-order valence-electron chi connectivity index (χ4n) is 8.53. The van der Waals surface area contributed by atoms with Crippen molar-refractivity contribution in [2.24, 2.45) is 0 Å². The van der Waals surface area contributed by atoms with Crippen LogP contribution in [0, 0.1) is 0 Å². The van der Waals surface area contributed by atoms with Crippen LogP contribution in [-0.4, -0.2) is 10.6 Å². The first-order chi connectivity index (χ1) is 27.8. The summed E-state index contributed by atoms with van der Waals surface area (Å²) in [6, 6.07) is 76.9. The normalized spacial score (nSPS) is 14.0. The molecule has 1 unspecified atom stereocenters. The van der Waals surface area contributed by atoms with E-state index in [1.807, 2.05) is 0 Å². The molecule has 0 radical (unpaired) electrons. The Morgan fingerprint density at radius 1 is 0.411 bits per heavy atom. The Labute approximate surface area is 328 Å². The molecule has 2 heteroatoms. The standard InChI is InChI=1S/C54H40N2/c1-4-17-39(18-5-1)40-31-33-44(34-32-40)55(52-28-13-10-25-48(52)42-21-8-3-9-22-42)46-35-36-47(41-19-6-2-7-20-41)51(38-46)43-23-16-24-45(37-43)56-53-29-14-11-26-49(53)50-27-12-15-30-54(50)56/h1-34,36-38,46H,35H2. The second kappa shape index (κ2) is 14.6. The molecule has 56 heavy (non-hydrogen) atoms. The molecule has 0 N–H and O–H groups in total. The summed E-state index contributed by atoms with van der Waals surface area (Å²) in [5, 5.41) is 2.53. The molecule has 10 rings (SSSR count). The Morgan fingerprint density at radius 2 is 0.946 bits per heavy atom. The van der Waals surface area contributed by atoms with Crippen LogP contribution in [0.15, 0.2) is 224 Å². The van der Waals surface area contributed by atoms with Gasteiger partial charge >= 0.3 is 0 Å². The van der Waals surface area contributed by atoms with Crippen LogP contribution in [0.4, 0.5) is 11.4 Å². The van der Waals surface area contributed by atoms with Gasteiger partial charge in [-0.2, -0.15) is 0 Å². The summed E-state index contributed by atoms with van der Waals surface area (Å²) in [5.41, 5.74) is 15.7. The van der Waals surface area contributed by atoms with Crippen molar-refractivity contribution in [3.8, 4) is 27.9 Å². The summed E-state index contributed by atoms with van der Waals surface area (Å²) in [7, 11) is 0. The lowest BCUT2D eigenvalue weighted by atomic mass is 9.85. The minimum absolute atomic E-state index is 0.0433. The summed E-state index contributed by atoms with van der Waals surface area (Å²) in [6.07, 6.45) is 5.82. The lowest BCUT2D eigenvalue weighted by Crippen LogP contribution is -2.31. The van der Waals surface area contributed by atoms with Crippen molar-refractivity contribution in [3.63, 3.8) is 0 Å². The SMILES string of the molecule is C1=C(c2ccccc2)C(c2cccc(-n3c4ccccc4c4ccccc43)c2)=CC(N(c2ccc(-c3ccccc3)cc2)c2ccccc2-c2ccccc2)C1. The number of hydrogen-bond donors (Lipinski definition) is 0. The van der Waals surface area contributed by atoms with Crippen molar-refractivity contribution < 1.29 is 0 Å². The molecule has 0 amide bonds. The first-order valence-corrected chi connectivity index (χ1v) is 19.5. The zero-order valence-corrected chi connectivity index (χ0v) is 31.0. The van der Waals surface area contributed by atoms with Gasteiger partial charge in [0.15, 0.2) is 0 Å². The van der Waals surface area contributed by atoms with E-state index < -0.39 is 0 Å². The van der Waals surface area contributed by atoms with E-state index in [4.69, 9.17) is 0 Å². The van der Waals surface area contributed by atoms with Crippen molar-refractivity contribution in [2.45, 2.75) is 12.5 Å². The average molecular weight is 717 g/mol. The number of hydrogen-bond acceptors (Lipinski definition) is 1. The van der Waals surface area contributed by atoms with Crippen LogP contribution in [0.5, 0.6) is 0 Å². The Hall–Kier alpha value is -7.16. The molecular formula is C54H40N2. The number of fused-ring (bicyclic) bond motifs is 3. The molecular weight excluding hydrogens is 677 g/mol. The van der Waals surface area contributed by atoms with Crippen molar-refractivity contribution in [1.29, 1.82) is 0 Å². The second-order valence-corrected chi connectivity index (χ2v) is 14.5. The lowest BCUT2D eigenvalue weighted by Gasteiger charge is -2.36. The highest BCUT2D eigenvalue weighted by Gasteiger charge is 2.27. The van der Waals surface area contributed by atoms with E-state index in [0.29, 0.717) is 0 Å². The summed E-state index contributed by atoms with van der Waals surface area (Å²) in [4.78, 5) is 2.55. The van der Waals surface area contributed by atoms with Crippen molar-refractivity contribution in [1.82, 2.24) is 4.57 Å². The number of allylic oxidation sites excluding steroid dienone is 2. The number of nitrogens with zero attached hydrogens (tertiary/aromatic N) is 2. The van der Waals surface area contributed by atoms with E-state index in [2.05, 4.69) is 234 Å². The highest BCUT2D eigenvalue weighted by atomic mass is 15.2. The van der Waals surface area contributed by atoms with Gasteiger partial charge in [0, 0.05) is 33.4 Å². The summed E-state index contributed by atoms with van der Waals surface area (Å²) >= 11 is 0. The number of rotatable bonds is 8. The Bertz CT molecular complexity index is 2810. The van der Waals surface area contributed by atoms with Crippen LogP contribution in [0.1, 0.15) is 17.5 Å². The third kappa shape index (κ3) is 6.12. The second-order valence-electron chi connectivity index (χ2n) is 14.5. The zero-order chi connectivity index (χ0) is 37.3. The van der Waals surface area contributed by atoms with Gasteiger partial charge in [0.1, 0.15) is 0 Å². The smallest absolute Gasteiger partial charge is 0.0566 e. The fraction of sp³-hybridized carbons (Fsp3) is 0.0370. The number of para-hydroxylation sites is 3. The number of anilines is 2. The first-order valence-electron chi connectivity index (χ1n) is 19.5. The van der Waals surface area contributed by atoms with Crippen LogP contribution >= 0.6 is 0 Å². The first kappa shape index (κ1) is 33.4. The summed E-state index contributed by atoms with van der Waals surface area (Å²) in [5.74, 6) is 0. The molecule has 1 aliphatic carbocycles. The van der Waals surface area contributed by atoms with Gasteiger partial charge < -0.3 is 9.47 Å². The highest BCUT2D eigenvalue weighted by Crippen LogP contribution is 2.43. The quantitative estimate of drug-likeness (QED) is 0.152. The van der Waals surface area contributed by atoms with Crippen molar-refractivity contribution in [2.75, 3.05) is 4.90 Å². The van der Waals surface area contributed by atoms with Gasteiger partial charge in [-0.15, -0.1) is 0 Å². The molecule has 0 aliphatic heterocycles. The molecule has 0 saturated heterocycles. The molecule has 1 atom stereocenters. The molecule has 1 heterocycles. The molecule has 9 aromatic rings. The van der Waals surface area contributed by atoms with E-state index in [9.17, 15) is 0 Å². The van der Waals surface area contributed by atoms with E-state index in [-0.39, 0.29) is 6.04 Å². The lowest BCUT2D eigenvalue weighted by molar-refractivity contribution is 0.790. The van der Waals surface area contributed by atoms with E-state index in [1.54, 1.807) is 0 Å².